The maximum atomic E-state index is 12.9. The molecule has 4 rings (SSSR count). The highest BCUT2D eigenvalue weighted by Crippen LogP contribution is 2.36. The van der Waals surface area contributed by atoms with Crippen LogP contribution in [0.5, 0.6) is 5.75 Å². The maximum Gasteiger partial charge on any atom is 0.320 e. The summed E-state index contributed by atoms with van der Waals surface area (Å²) in [5, 5.41) is 15.6. The van der Waals surface area contributed by atoms with Crippen molar-refractivity contribution in [2.45, 2.75) is 25.9 Å². The molecule has 0 bridgehead atoms. The Morgan fingerprint density at radius 3 is 2.52 bits per heavy atom. The molecule has 2 aromatic rings. The van der Waals surface area contributed by atoms with Crippen LogP contribution in [-0.4, -0.2) is 28.5 Å². The lowest BCUT2D eigenvalue weighted by Crippen LogP contribution is -2.49. The summed E-state index contributed by atoms with van der Waals surface area (Å²) < 4.78 is 0. The van der Waals surface area contributed by atoms with Crippen molar-refractivity contribution >= 4 is 11.9 Å². The van der Waals surface area contributed by atoms with Gasteiger partial charge in [-0.15, -0.1) is 0 Å². The van der Waals surface area contributed by atoms with Crippen molar-refractivity contribution in [3.8, 4) is 5.75 Å². The zero-order valence-electron chi connectivity index (χ0n) is 15.3. The number of fused-ring (bicyclic) bond motifs is 1. The number of rotatable bonds is 3. The number of carbonyl (C=O) groups is 2. The molecule has 1 unspecified atom stereocenters. The molecule has 0 spiro atoms. The van der Waals surface area contributed by atoms with Crippen LogP contribution >= 0.6 is 0 Å². The first-order chi connectivity index (χ1) is 12.8. The Bertz CT molecular complexity index is 981. The second-order valence-corrected chi connectivity index (χ2v) is 7.29. The molecule has 2 aliphatic heterocycles. The van der Waals surface area contributed by atoms with E-state index >= 15 is 0 Å². The van der Waals surface area contributed by atoms with Crippen LogP contribution in [0.2, 0.25) is 0 Å². The van der Waals surface area contributed by atoms with Gasteiger partial charge in [0.05, 0.1) is 6.54 Å². The first-order valence-corrected chi connectivity index (χ1v) is 8.77. The van der Waals surface area contributed by atoms with Crippen LogP contribution in [0.4, 0.5) is 4.79 Å². The summed E-state index contributed by atoms with van der Waals surface area (Å²) in [4.78, 5) is 26.7. The van der Waals surface area contributed by atoms with E-state index in [-0.39, 0.29) is 24.2 Å². The van der Waals surface area contributed by atoms with Crippen LogP contribution < -0.4 is 10.6 Å². The van der Waals surface area contributed by atoms with Crippen molar-refractivity contribution in [1.29, 1.82) is 0 Å². The van der Waals surface area contributed by atoms with E-state index in [1.54, 1.807) is 24.0 Å². The molecule has 0 aromatic heterocycles. The van der Waals surface area contributed by atoms with Crippen molar-refractivity contribution in [2.24, 2.45) is 0 Å². The molecule has 138 valence electrons. The zero-order chi connectivity index (χ0) is 19.3. The summed E-state index contributed by atoms with van der Waals surface area (Å²) in [5.41, 5.74) is 3.61. The first kappa shape index (κ1) is 17.1. The number of carbonyl (C=O) groups excluding carboxylic acids is 2. The van der Waals surface area contributed by atoms with Gasteiger partial charge in [-0.25, -0.2) is 4.79 Å². The number of amides is 3. The third-order valence-electron chi connectivity index (χ3n) is 5.38. The van der Waals surface area contributed by atoms with Gasteiger partial charge >= 0.3 is 6.03 Å². The molecule has 0 saturated carbocycles. The number of phenolic OH excluding ortho intramolecular Hbond substituents is 1. The molecular formula is C21H21N3O3. The third-order valence-corrected chi connectivity index (χ3v) is 5.38. The number of phenols is 1. The van der Waals surface area contributed by atoms with Gasteiger partial charge in [0.25, 0.3) is 5.91 Å². The van der Waals surface area contributed by atoms with Gasteiger partial charge in [0.2, 0.25) is 0 Å². The molecule has 6 heteroatoms. The Hall–Kier alpha value is -3.28. The summed E-state index contributed by atoms with van der Waals surface area (Å²) in [5.74, 6) is 0.0606. The van der Waals surface area contributed by atoms with Crippen molar-refractivity contribution in [1.82, 2.24) is 15.5 Å². The topological polar surface area (TPSA) is 81.7 Å². The minimum absolute atomic E-state index is 0.117. The number of aryl methyl sites for hydroxylation is 2. The molecule has 0 aliphatic carbocycles. The Kier molecular flexibility index (Phi) is 3.73. The van der Waals surface area contributed by atoms with Crippen LogP contribution in [0.1, 0.15) is 32.6 Å². The normalized spacial score (nSPS) is 21.3. The molecule has 3 amide bonds. The molecule has 2 aliphatic rings. The fraction of sp³-hybridized carbons (Fsp3) is 0.238. The van der Waals surface area contributed by atoms with E-state index in [1.807, 2.05) is 31.2 Å². The summed E-state index contributed by atoms with van der Waals surface area (Å²) in [6.45, 7) is 8.41. The van der Waals surface area contributed by atoms with E-state index in [4.69, 9.17) is 0 Å². The fourth-order valence-corrected chi connectivity index (χ4v) is 3.79. The number of benzene rings is 2. The Labute approximate surface area is 157 Å². The number of hydrogen-bond donors (Lipinski definition) is 3. The SMILES string of the molecule is C=C1NC(=O)NC1(CN1Cc2cc(O)c(C)cc2C1=O)c1ccc(C)cc1. The van der Waals surface area contributed by atoms with Crippen LogP contribution in [0.15, 0.2) is 48.7 Å². The van der Waals surface area contributed by atoms with E-state index in [0.29, 0.717) is 23.4 Å². The predicted octanol–water partition coefficient (Wildman–Crippen LogP) is 2.69. The standard InChI is InChI=1S/C21H21N3O3/c1-12-4-6-16(7-5-12)21(14(3)22-20(27)23-21)11-24-10-15-9-18(25)13(2)8-17(15)19(24)26/h4-9,25H,3,10-11H2,1-2H3,(H2,22,23,27). The molecular weight excluding hydrogens is 342 g/mol. The van der Waals surface area contributed by atoms with Gasteiger partial charge in [0.1, 0.15) is 11.3 Å². The van der Waals surface area contributed by atoms with Gasteiger partial charge in [-0.1, -0.05) is 36.4 Å². The van der Waals surface area contributed by atoms with E-state index in [1.165, 1.54) is 0 Å². The highest BCUT2D eigenvalue weighted by molar-refractivity contribution is 5.99. The minimum atomic E-state index is -0.903. The van der Waals surface area contributed by atoms with E-state index in [9.17, 15) is 14.7 Å². The van der Waals surface area contributed by atoms with E-state index in [2.05, 4.69) is 17.2 Å². The lowest BCUT2D eigenvalue weighted by molar-refractivity contribution is 0.0741. The van der Waals surface area contributed by atoms with Gasteiger partial charge in [-0.2, -0.15) is 0 Å². The Morgan fingerprint density at radius 2 is 1.89 bits per heavy atom. The van der Waals surface area contributed by atoms with Gasteiger partial charge in [0.15, 0.2) is 0 Å². The molecule has 2 heterocycles. The molecule has 6 nitrogen and oxygen atoms in total. The average Bonchev–Trinajstić information content (AvgIpc) is 3.06. The smallest absolute Gasteiger partial charge is 0.320 e. The third kappa shape index (κ3) is 2.65. The predicted molar refractivity (Wildman–Crippen MR) is 101 cm³/mol. The van der Waals surface area contributed by atoms with Crippen molar-refractivity contribution in [3.05, 3.63) is 76.5 Å². The molecule has 1 saturated heterocycles. The number of urea groups is 1. The van der Waals surface area contributed by atoms with Crippen molar-refractivity contribution < 1.29 is 14.7 Å². The summed E-state index contributed by atoms with van der Waals surface area (Å²) in [6, 6.07) is 10.8. The van der Waals surface area contributed by atoms with Crippen LogP contribution in [0, 0.1) is 13.8 Å². The number of nitrogens with zero attached hydrogens (tertiary/aromatic N) is 1. The van der Waals surface area contributed by atoms with Crippen molar-refractivity contribution in [2.75, 3.05) is 6.54 Å². The van der Waals surface area contributed by atoms with Crippen LogP contribution in [0.3, 0.4) is 0 Å². The monoisotopic (exact) mass is 363 g/mol. The lowest BCUT2D eigenvalue weighted by atomic mass is 9.87. The fourth-order valence-electron chi connectivity index (χ4n) is 3.79. The Balaban J connectivity index is 1.72. The summed E-state index contributed by atoms with van der Waals surface area (Å²) in [7, 11) is 0. The van der Waals surface area contributed by atoms with Gasteiger partial charge < -0.3 is 20.6 Å². The van der Waals surface area contributed by atoms with Gasteiger partial charge in [0, 0.05) is 17.8 Å². The molecule has 27 heavy (non-hydrogen) atoms. The Morgan fingerprint density at radius 1 is 1.19 bits per heavy atom. The summed E-state index contributed by atoms with van der Waals surface area (Å²) >= 11 is 0. The largest absolute Gasteiger partial charge is 0.508 e. The highest BCUT2D eigenvalue weighted by atomic mass is 16.3. The highest BCUT2D eigenvalue weighted by Gasteiger charge is 2.46. The second-order valence-electron chi connectivity index (χ2n) is 7.29. The first-order valence-electron chi connectivity index (χ1n) is 8.77. The summed E-state index contributed by atoms with van der Waals surface area (Å²) in [6.07, 6.45) is 0. The van der Waals surface area contributed by atoms with Crippen LogP contribution in [0.25, 0.3) is 0 Å². The molecule has 0 radical (unpaired) electrons. The second kappa shape index (κ2) is 5.87. The van der Waals surface area contributed by atoms with Crippen molar-refractivity contribution in [3.63, 3.8) is 0 Å². The number of nitrogens with one attached hydrogen (secondary N) is 2. The molecule has 3 N–H and O–H groups in total. The zero-order valence-corrected chi connectivity index (χ0v) is 15.3. The molecule has 1 atom stereocenters. The van der Waals surface area contributed by atoms with E-state index in [0.717, 1.165) is 16.7 Å². The quantitative estimate of drug-likeness (QED) is 0.784. The minimum Gasteiger partial charge on any atom is -0.508 e. The molecule has 2 aromatic carbocycles. The number of aromatic hydroxyl groups is 1. The lowest BCUT2D eigenvalue weighted by Gasteiger charge is -2.34. The van der Waals surface area contributed by atoms with Gasteiger partial charge in [-0.3, -0.25) is 4.79 Å². The van der Waals surface area contributed by atoms with Crippen LogP contribution in [-0.2, 0) is 12.1 Å². The van der Waals surface area contributed by atoms with E-state index < -0.39 is 5.54 Å². The number of hydrogen-bond acceptors (Lipinski definition) is 3. The maximum absolute atomic E-state index is 12.9. The average molecular weight is 363 g/mol. The van der Waals surface area contributed by atoms with Gasteiger partial charge in [-0.05, 0) is 42.7 Å². The molecule has 1 fully saturated rings.